The van der Waals surface area contributed by atoms with Crippen molar-refractivity contribution in [2.45, 2.75) is 65.1 Å². The van der Waals surface area contributed by atoms with E-state index in [-0.39, 0.29) is 16.4 Å². The van der Waals surface area contributed by atoms with Gasteiger partial charge in [-0.2, -0.15) is 5.10 Å². The smallest absolute Gasteiger partial charge is 0.243 e. The molecule has 0 fully saturated rings. The van der Waals surface area contributed by atoms with E-state index in [9.17, 15) is 8.42 Å². The highest BCUT2D eigenvalue weighted by Crippen LogP contribution is 2.20. The number of hydrogen-bond acceptors (Lipinski definition) is 4. The Balaban J connectivity index is 2.70. The van der Waals surface area contributed by atoms with Gasteiger partial charge in [0.1, 0.15) is 4.90 Å². The van der Waals surface area contributed by atoms with Crippen molar-refractivity contribution in [2.24, 2.45) is 5.41 Å². The number of nitrogens with zero attached hydrogens (tertiary/aromatic N) is 2. The molecule has 0 radical (unpaired) electrons. The second-order valence-electron chi connectivity index (χ2n) is 6.76. The Morgan fingerprint density at radius 1 is 1.29 bits per heavy atom. The topological polar surface area (TPSA) is 76.0 Å². The number of hydrogen-bond donors (Lipinski definition) is 2. The molecule has 0 aliphatic carbocycles. The van der Waals surface area contributed by atoms with Crippen LogP contribution in [0.15, 0.2) is 17.3 Å². The van der Waals surface area contributed by atoms with Crippen molar-refractivity contribution in [3.05, 3.63) is 12.4 Å². The first-order chi connectivity index (χ1) is 9.52. The molecule has 7 heteroatoms. The third kappa shape index (κ3) is 5.76. The first-order valence-electron chi connectivity index (χ1n) is 7.30. The van der Waals surface area contributed by atoms with Gasteiger partial charge in [-0.3, -0.25) is 4.68 Å². The van der Waals surface area contributed by atoms with Crippen molar-refractivity contribution in [2.75, 3.05) is 6.54 Å². The van der Waals surface area contributed by atoms with Crippen LogP contribution in [0.25, 0.3) is 0 Å². The van der Waals surface area contributed by atoms with Gasteiger partial charge in [-0.05, 0) is 12.3 Å². The highest BCUT2D eigenvalue weighted by atomic mass is 32.2. The predicted octanol–water partition coefficient (Wildman–Crippen LogP) is 1.59. The summed E-state index contributed by atoms with van der Waals surface area (Å²) in [5, 5.41) is 7.37. The van der Waals surface area contributed by atoms with E-state index in [0.717, 1.165) is 6.54 Å². The molecule has 0 saturated heterocycles. The molecule has 0 spiro atoms. The average Bonchev–Trinajstić information content (AvgIpc) is 2.76. The summed E-state index contributed by atoms with van der Waals surface area (Å²) in [5.74, 6) is 0. The highest BCUT2D eigenvalue weighted by Gasteiger charge is 2.26. The quantitative estimate of drug-likeness (QED) is 0.801. The minimum absolute atomic E-state index is 0.135. The van der Waals surface area contributed by atoms with Crippen LogP contribution in [0.4, 0.5) is 0 Å². The second-order valence-corrected chi connectivity index (χ2v) is 8.47. The van der Waals surface area contributed by atoms with Crippen LogP contribution in [-0.4, -0.2) is 36.8 Å². The van der Waals surface area contributed by atoms with Gasteiger partial charge in [-0.1, -0.05) is 34.6 Å². The maximum Gasteiger partial charge on any atom is 0.243 e. The van der Waals surface area contributed by atoms with E-state index in [1.54, 1.807) is 10.9 Å². The van der Waals surface area contributed by atoms with Gasteiger partial charge < -0.3 is 5.32 Å². The summed E-state index contributed by atoms with van der Waals surface area (Å²) >= 11 is 0. The zero-order valence-electron chi connectivity index (χ0n) is 13.8. The van der Waals surface area contributed by atoms with Crippen LogP contribution >= 0.6 is 0 Å². The lowest BCUT2D eigenvalue weighted by molar-refractivity contribution is 0.317. The first-order valence-corrected chi connectivity index (χ1v) is 8.79. The fourth-order valence-electron chi connectivity index (χ4n) is 1.55. The van der Waals surface area contributed by atoms with Gasteiger partial charge in [-0.15, -0.1) is 0 Å². The average molecular weight is 316 g/mol. The van der Waals surface area contributed by atoms with Gasteiger partial charge >= 0.3 is 0 Å². The number of aromatic nitrogens is 2. The van der Waals surface area contributed by atoms with Crippen molar-refractivity contribution in [3.63, 3.8) is 0 Å². The summed E-state index contributed by atoms with van der Waals surface area (Å²) in [6.07, 6.45) is 2.97. The van der Waals surface area contributed by atoms with E-state index in [2.05, 4.69) is 29.0 Å². The minimum Gasteiger partial charge on any atom is -0.313 e. The van der Waals surface area contributed by atoms with Gasteiger partial charge in [0.15, 0.2) is 0 Å². The van der Waals surface area contributed by atoms with Gasteiger partial charge in [-0.25, -0.2) is 13.1 Å². The Labute approximate surface area is 128 Å². The number of rotatable bonds is 7. The molecule has 1 rings (SSSR count). The molecule has 1 atom stereocenters. The van der Waals surface area contributed by atoms with E-state index in [0.29, 0.717) is 12.6 Å². The minimum atomic E-state index is -3.52. The maximum absolute atomic E-state index is 12.3. The lowest BCUT2D eigenvalue weighted by Gasteiger charge is -2.27. The molecular formula is C14H28N4O2S. The van der Waals surface area contributed by atoms with Crippen molar-refractivity contribution in [3.8, 4) is 0 Å². The summed E-state index contributed by atoms with van der Waals surface area (Å²) in [6, 6.07) is 0.242. The summed E-state index contributed by atoms with van der Waals surface area (Å²) < 4.78 is 29.0. The molecular weight excluding hydrogens is 288 g/mol. The van der Waals surface area contributed by atoms with Gasteiger partial charge in [0.2, 0.25) is 10.0 Å². The molecule has 122 valence electrons. The SMILES string of the molecule is CC(C)NCCn1cc(S(=O)(=O)NC(C)C(C)(C)C)cn1. The molecule has 0 bridgehead atoms. The second kappa shape index (κ2) is 6.89. The standard InChI is InChI=1S/C14H28N4O2S/c1-11(2)15-7-8-18-10-13(9-16-18)21(19,20)17-12(3)14(4,5)6/h9-12,15,17H,7-8H2,1-6H3. The molecule has 1 unspecified atom stereocenters. The fraction of sp³-hybridized carbons (Fsp3) is 0.786. The molecule has 6 nitrogen and oxygen atoms in total. The summed E-state index contributed by atoms with van der Waals surface area (Å²) in [7, 11) is -3.52. The summed E-state index contributed by atoms with van der Waals surface area (Å²) in [4.78, 5) is 0.211. The monoisotopic (exact) mass is 316 g/mol. The van der Waals surface area contributed by atoms with E-state index in [4.69, 9.17) is 0 Å². The Hall–Kier alpha value is -0.920. The van der Waals surface area contributed by atoms with Crippen molar-refractivity contribution in [1.29, 1.82) is 0 Å². The summed E-state index contributed by atoms with van der Waals surface area (Å²) in [6.45, 7) is 13.4. The lowest BCUT2D eigenvalue weighted by Crippen LogP contribution is -2.41. The van der Waals surface area contributed by atoms with E-state index in [1.807, 2.05) is 27.7 Å². The number of sulfonamides is 1. The number of nitrogens with one attached hydrogen (secondary N) is 2. The molecule has 1 heterocycles. The van der Waals surface area contributed by atoms with Crippen LogP contribution in [0.1, 0.15) is 41.5 Å². The highest BCUT2D eigenvalue weighted by molar-refractivity contribution is 7.89. The van der Waals surface area contributed by atoms with E-state index < -0.39 is 10.0 Å². The molecule has 0 saturated carbocycles. The molecule has 1 aromatic heterocycles. The molecule has 21 heavy (non-hydrogen) atoms. The Kier molecular flexibility index (Phi) is 5.95. The lowest BCUT2D eigenvalue weighted by atomic mass is 9.89. The Morgan fingerprint density at radius 2 is 1.90 bits per heavy atom. The zero-order valence-corrected chi connectivity index (χ0v) is 14.7. The van der Waals surface area contributed by atoms with Crippen LogP contribution in [0.5, 0.6) is 0 Å². The third-order valence-electron chi connectivity index (χ3n) is 3.44. The third-order valence-corrected chi connectivity index (χ3v) is 4.94. The predicted molar refractivity (Wildman–Crippen MR) is 84.6 cm³/mol. The Morgan fingerprint density at radius 3 is 2.43 bits per heavy atom. The van der Waals surface area contributed by atoms with E-state index >= 15 is 0 Å². The van der Waals surface area contributed by atoms with Crippen LogP contribution < -0.4 is 10.0 Å². The zero-order chi connectivity index (χ0) is 16.3. The van der Waals surface area contributed by atoms with Crippen LogP contribution in [0.2, 0.25) is 0 Å². The molecule has 0 aromatic carbocycles. The largest absolute Gasteiger partial charge is 0.313 e. The Bertz CT molecular complexity index is 544. The molecule has 2 N–H and O–H groups in total. The normalized spacial score (nSPS) is 14.6. The van der Waals surface area contributed by atoms with Crippen molar-refractivity contribution in [1.82, 2.24) is 19.8 Å². The first kappa shape index (κ1) is 18.1. The van der Waals surface area contributed by atoms with Gasteiger partial charge in [0, 0.05) is 24.8 Å². The molecule has 0 aliphatic heterocycles. The maximum atomic E-state index is 12.3. The fourth-order valence-corrected chi connectivity index (χ4v) is 2.95. The van der Waals surface area contributed by atoms with Crippen LogP contribution in [0, 0.1) is 5.41 Å². The molecule has 0 amide bonds. The van der Waals surface area contributed by atoms with Gasteiger partial charge in [0.05, 0.1) is 12.7 Å². The van der Waals surface area contributed by atoms with Crippen molar-refractivity contribution < 1.29 is 8.42 Å². The van der Waals surface area contributed by atoms with E-state index in [1.165, 1.54) is 6.20 Å². The molecule has 1 aromatic rings. The van der Waals surface area contributed by atoms with Crippen molar-refractivity contribution >= 4 is 10.0 Å². The molecule has 0 aliphatic rings. The summed E-state index contributed by atoms with van der Waals surface area (Å²) in [5.41, 5.74) is -0.135. The van der Waals surface area contributed by atoms with Gasteiger partial charge in [0.25, 0.3) is 0 Å². The van der Waals surface area contributed by atoms with Crippen LogP contribution in [-0.2, 0) is 16.6 Å². The van der Waals surface area contributed by atoms with Crippen LogP contribution in [0.3, 0.4) is 0 Å².